The highest BCUT2D eigenvalue weighted by molar-refractivity contribution is 7.09. The molecule has 0 heterocycles. The van der Waals surface area contributed by atoms with Crippen LogP contribution in [0.25, 0.3) is 0 Å². The van der Waals surface area contributed by atoms with Crippen molar-refractivity contribution in [2.45, 2.75) is 0 Å². The Kier molecular flexibility index (Phi) is 3.64. The van der Waals surface area contributed by atoms with Gasteiger partial charge in [-0.2, -0.15) is 0 Å². The Morgan fingerprint density at radius 3 is 2.00 bits per heavy atom. The van der Waals surface area contributed by atoms with Crippen LogP contribution < -0.4 is 0 Å². The summed E-state index contributed by atoms with van der Waals surface area (Å²) in [6.45, 7) is 0. The smallest absolute Gasteiger partial charge is 0.0716 e. The van der Waals surface area contributed by atoms with Gasteiger partial charge >= 0.3 is 0 Å². The van der Waals surface area contributed by atoms with Crippen LogP contribution in [-0.4, -0.2) is 7.11 Å². The van der Waals surface area contributed by atoms with Gasteiger partial charge in [0.1, 0.15) is 0 Å². The molecule has 0 radical (unpaired) electrons. The summed E-state index contributed by atoms with van der Waals surface area (Å²) >= 11 is 0. The van der Waals surface area contributed by atoms with Crippen LogP contribution in [0.2, 0.25) is 0 Å². The monoisotopic (exact) mass is 80.0 g/mol. The zero-order valence-corrected chi connectivity index (χ0v) is 3.55. The topological polar surface area (TPSA) is 18.5 Å². The molecule has 0 aliphatic rings. The van der Waals surface area contributed by atoms with Crippen molar-refractivity contribution in [1.29, 1.82) is 0 Å². The van der Waals surface area contributed by atoms with Crippen molar-refractivity contribution in [2.75, 3.05) is 7.11 Å². The van der Waals surface area contributed by atoms with Crippen molar-refractivity contribution < 1.29 is 9.56 Å². The third-order valence-corrected chi connectivity index (χ3v) is 0.289. The molecule has 1 unspecified atom stereocenters. The van der Waals surface area contributed by atoms with E-state index >= 15 is 0 Å². The Bertz CT molecular complexity index is 8.00. The highest BCUT2D eigenvalue weighted by Gasteiger charge is 1.48. The minimum atomic E-state index is 1.44. The lowest BCUT2D eigenvalue weighted by Crippen LogP contribution is -1.63. The van der Waals surface area contributed by atoms with Gasteiger partial charge in [-0.15, -0.1) is 0 Å². The first-order valence-corrected chi connectivity index (χ1v) is 1.28. The second kappa shape index (κ2) is 3.35. The summed E-state index contributed by atoms with van der Waals surface area (Å²) in [4.78, 5) is 4.00. The number of hydrogen-bond acceptors (Lipinski definition) is 2. The predicted octanol–water partition coefficient (Wildman–Crippen LogP) is 0.354. The molecular formula is CH5O2P. The fourth-order valence-corrected chi connectivity index (χ4v) is 0. The largest absolute Gasteiger partial charge is 0.237 e. The van der Waals surface area contributed by atoms with Gasteiger partial charge < -0.3 is 0 Å². The van der Waals surface area contributed by atoms with E-state index in [1.807, 2.05) is 9.47 Å². The zero-order chi connectivity index (χ0) is 3.41. The van der Waals surface area contributed by atoms with Crippen LogP contribution in [0.1, 0.15) is 0 Å². The van der Waals surface area contributed by atoms with Crippen molar-refractivity contribution in [3.8, 4) is 0 Å². The van der Waals surface area contributed by atoms with Gasteiger partial charge in [-0.05, 0) is 0 Å². The molecule has 0 bridgehead atoms. The number of rotatable bonds is 1. The second-order valence-electron chi connectivity index (χ2n) is 0.263. The SMILES string of the molecule is COOP. The molecule has 2 nitrogen and oxygen atoms in total. The molecule has 0 saturated heterocycles. The molecule has 0 amide bonds. The Balaban J connectivity index is 1.97. The van der Waals surface area contributed by atoms with Crippen LogP contribution in [0.4, 0.5) is 0 Å². The molecule has 0 aliphatic carbocycles. The molecule has 0 aromatic heterocycles. The molecule has 3 heteroatoms. The molecule has 0 saturated carbocycles. The van der Waals surface area contributed by atoms with Gasteiger partial charge in [0.15, 0.2) is 0 Å². The molecule has 0 aromatic rings. The quantitative estimate of drug-likeness (QED) is 0.257. The van der Waals surface area contributed by atoms with Gasteiger partial charge in [0.25, 0.3) is 0 Å². The van der Waals surface area contributed by atoms with E-state index < -0.39 is 0 Å². The Labute approximate surface area is 27.3 Å². The highest BCUT2D eigenvalue weighted by Crippen LogP contribution is 1.78. The molecule has 0 spiro atoms. The molecule has 1 atom stereocenters. The van der Waals surface area contributed by atoms with Crippen molar-refractivity contribution in [2.24, 2.45) is 0 Å². The summed E-state index contributed by atoms with van der Waals surface area (Å²) in [5.74, 6) is 0. The molecule has 26 valence electrons. The van der Waals surface area contributed by atoms with Gasteiger partial charge in [0.2, 0.25) is 0 Å². The van der Waals surface area contributed by atoms with Gasteiger partial charge in [-0.3, -0.25) is 0 Å². The second-order valence-corrected chi connectivity index (χ2v) is 0.455. The molecule has 0 fully saturated rings. The standard InChI is InChI=1S/CH5O2P/c1-2-3-4/h4H2,1H3. The van der Waals surface area contributed by atoms with E-state index in [1.54, 1.807) is 0 Å². The highest BCUT2D eigenvalue weighted by atomic mass is 31.0. The first-order chi connectivity index (χ1) is 1.91. The van der Waals surface area contributed by atoms with Crippen LogP contribution >= 0.6 is 9.47 Å². The minimum absolute atomic E-state index is 1.44. The van der Waals surface area contributed by atoms with Crippen LogP contribution in [0.3, 0.4) is 0 Å². The maximum absolute atomic E-state index is 4.00. The van der Waals surface area contributed by atoms with E-state index in [0.29, 0.717) is 0 Å². The average molecular weight is 80.0 g/mol. The van der Waals surface area contributed by atoms with Gasteiger partial charge in [0.05, 0.1) is 7.11 Å². The first kappa shape index (κ1) is 4.35. The van der Waals surface area contributed by atoms with Crippen molar-refractivity contribution in [3.63, 3.8) is 0 Å². The van der Waals surface area contributed by atoms with Gasteiger partial charge in [0, 0.05) is 9.47 Å². The molecule has 4 heavy (non-hydrogen) atoms. The van der Waals surface area contributed by atoms with E-state index in [2.05, 4.69) is 9.56 Å². The van der Waals surface area contributed by atoms with Crippen LogP contribution in [-0.2, 0) is 9.56 Å². The van der Waals surface area contributed by atoms with Crippen molar-refractivity contribution in [3.05, 3.63) is 0 Å². The summed E-state index contributed by atoms with van der Waals surface area (Å²) in [6, 6.07) is 0. The lowest BCUT2D eigenvalue weighted by atomic mass is 11.8. The lowest BCUT2D eigenvalue weighted by Gasteiger charge is -1.77. The van der Waals surface area contributed by atoms with E-state index in [4.69, 9.17) is 0 Å². The Hall–Kier alpha value is 0.350. The molecule has 0 aliphatic heterocycles. The van der Waals surface area contributed by atoms with E-state index in [0.717, 1.165) is 0 Å². The van der Waals surface area contributed by atoms with Crippen LogP contribution in [0, 0.1) is 0 Å². The van der Waals surface area contributed by atoms with Crippen LogP contribution in [0.5, 0.6) is 0 Å². The summed E-state index contributed by atoms with van der Waals surface area (Å²) in [7, 11) is 3.37. The molecule has 0 N–H and O–H groups in total. The van der Waals surface area contributed by atoms with Gasteiger partial charge in [-0.25, -0.2) is 9.56 Å². The maximum Gasteiger partial charge on any atom is 0.0716 e. The van der Waals surface area contributed by atoms with E-state index in [-0.39, 0.29) is 0 Å². The third-order valence-electron chi connectivity index (χ3n) is 0.0962. The van der Waals surface area contributed by atoms with Crippen LogP contribution in [0.15, 0.2) is 0 Å². The predicted molar refractivity (Wildman–Crippen MR) is 17.8 cm³/mol. The van der Waals surface area contributed by atoms with Crippen molar-refractivity contribution >= 4 is 9.47 Å². The van der Waals surface area contributed by atoms with E-state index in [9.17, 15) is 0 Å². The lowest BCUT2D eigenvalue weighted by molar-refractivity contribution is -0.162. The molecule has 0 rings (SSSR count). The fourth-order valence-electron chi connectivity index (χ4n) is 0. The van der Waals surface area contributed by atoms with Gasteiger partial charge in [-0.1, -0.05) is 0 Å². The molecular weight excluding hydrogens is 75.0 g/mol. The number of hydrogen-bond donors (Lipinski definition) is 0. The minimum Gasteiger partial charge on any atom is -0.237 e. The van der Waals surface area contributed by atoms with Crippen molar-refractivity contribution in [1.82, 2.24) is 0 Å². The Morgan fingerprint density at radius 2 is 2.00 bits per heavy atom. The maximum atomic E-state index is 4.00. The summed E-state index contributed by atoms with van der Waals surface area (Å²) in [6.07, 6.45) is 0. The fraction of sp³-hybridized carbons (Fsp3) is 1.00. The summed E-state index contributed by atoms with van der Waals surface area (Å²) in [5.41, 5.74) is 0. The summed E-state index contributed by atoms with van der Waals surface area (Å²) in [5, 5.41) is 0. The first-order valence-electron chi connectivity index (χ1n) is 0.811. The average Bonchev–Trinajstić information content (AvgIpc) is 1.37. The summed E-state index contributed by atoms with van der Waals surface area (Å²) < 4.78 is 3.96. The molecule has 0 aromatic carbocycles. The third kappa shape index (κ3) is 2.35. The zero-order valence-electron chi connectivity index (χ0n) is 2.39. The van der Waals surface area contributed by atoms with E-state index in [1.165, 1.54) is 7.11 Å². The Morgan fingerprint density at radius 1 is 1.75 bits per heavy atom. The normalized spacial score (nSPS) is 7.50.